The standard InChI is InChI=1S/C19H24N4O/c20-13-7-4-8-14(11-13)24-18-16-10-3-6-12-5-1-2-9-15(12)17(16)22-19(21)23-18/h1-2,5,9,13-14H,3-4,6-8,10-11,20H2,(H2,21,22,23). The molecule has 0 bridgehead atoms. The molecule has 0 amide bonds. The number of aryl methyl sites for hydroxylation is 1. The van der Waals surface area contributed by atoms with Gasteiger partial charge in [-0.05, 0) is 50.5 Å². The lowest BCUT2D eigenvalue weighted by molar-refractivity contribution is 0.137. The molecule has 1 heterocycles. The second kappa shape index (κ2) is 6.40. The average Bonchev–Trinajstić information content (AvgIpc) is 2.75. The highest BCUT2D eigenvalue weighted by atomic mass is 16.5. The van der Waals surface area contributed by atoms with Gasteiger partial charge in [-0.2, -0.15) is 4.98 Å². The first-order valence-electron chi connectivity index (χ1n) is 8.87. The predicted octanol–water partition coefficient (Wildman–Crippen LogP) is 2.86. The van der Waals surface area contributed by atoms with Crippen LogP contribution in [0.1, 0.15) is 43.2 Å². The number of anilines is 1. The van der Waals surface area contributed by atoms with E-state index >= 15 is 0 Å². The lowest BCUT2D eigenvalue weighted by Gasteiger charge is -2.27. The summed E-state index contributed by atoms with van der Waals surface area (Å²) in [4.78, 5) is 8.97. The molecule has 2 unspecified atom stereocenters. The van der Waals surface area contributed by atoms with Gasteiger partial charge in [-0.25, -0.2) is 4.98 Å². The van der Waals surface area contributed by atoms with E-state index in [4.69, 9.17) is 16.2 Å². The molecule has 0 spiro atoms. The molecule has 24 heavy (non-hydrogen) atoms. The molecule has 1 aromatic heterocycles. The Morgan fingerprint density at radius 3 is 2.79 bits per heavy atom. The Kier molecular flexibility index (Phi) is 4.10. The van der Waals surface area contributed by atoms with Crippen molar-refractivity contribution in [3.05, 3.63) is 35.4 Å². The fraction of sp³-hybridized carbons (Fsp3) is 0.474. The largest absolute Gasteiger partial charge is 0.474 e. The maximum absolute atomic E-state index is 6.26. The molecular weight excluding hydrogens is 300 g/mol. The third-order valence-corrected chi connectivity index (χ3v) is 5.08. The quantitative estimate of drug-likeness (QED) is 0.887. The molecule has 1 aromatic carbocycles. The summed E-state index contributed by atoms with van der Waals surface area (Å²) in [6.45, 7) is 0. The van der Waals surface area contributed by atoms with Gasteiger partial charge in [0.15, 0.2) is 0 Å². The molecule has 1 saturated carbocycles. The highest BCUT2D eigenvalue weighted by molar-refractivity contribution is 5.70. The van der Waals surface area contributed by atoms with Crippen LogP contribution in [0.2, 0.25) is 0 Å². The second-order valence-corrected chi connectivity index (χ2v) is 6.89. The van der Waals surface area contributed by atoms with Crippen LogP contribution in [0.15, 0.2) is 24.3 Å². The van der Waals surface area contributed by atoms with Crippen molar-refractivity contribution in [3.8, 4) is 17.1 Å². The van der Waals surface area contributed by atoms with Crippen LogP contribution in [0.4, 0.5) is 5.95 Å². The zero-order valence-corrected chi connectivity index (χ0v) is 13.9. The van der Waals surface area contributed by atoms with Crippen LogP contribution in [0, 0.1) is 0 Å². The first-order valence-corrected chi connectivity index (χ1v) is 8.87. The molecule has 126 valence electrons. The molecule has 0 aliphatic heterocycles. The molecule has 2 aliphatic rings. The second-order valence-electron chi connectivity index (χ2n) is 6.89. The number of hydrogen-bond donors (Lipinski definition) is 2. The highest BCUT2D eigenvalue weighted by Gasteiger charge is 2.25. The summed E-state index contributed by atoms with van der Waals surface area (Å²) in [7, 11) is 0. The summed E-state index contributed by atoms with van der Waals surface area (Å²) in [6.07, 6.45) is 7.26. The molecule has 1 fully saturated rings. The minimum absolute atomic E-state index is 0.130. The van der Waals surface area contributed by atoms with Crippen LogP contribution < -0.4 is 16.2 Å². The van der Waals surface area contributed by atoms with Gasteiger partial charge in [-0.1, -0.05) is 24.3 Å². The summed E-state index contributed by atoms with van der Waals surface area (Å²) >= 11 is 0. The topological polar surface area (TPSA) is 87.0 Å². The average molecular weight is 324 g/mol. The van der Waals surface area contributed by atoms with E-state index in [-0.39, 0.29) is 18.1 Å². The van der Waals surface area contributed by atoms with Gasteiger partial charge >= 0.3 is 0 Å². The van der Waals surface area contributed by atoms with Crippen LogP contribution in [-0.4, -0.2) is 22.1 Å². The van der Waals surface area contributed by atoms with Gasteiger partial charge in [0.05, 0.1) is 5.69 Å². The van der Waals surface area contributed by atoms with Gasteiger partial charge in [-0.3, -0.25) is 0 Å². The summed E-state index contributed by atoms with van der Waals surface area (Å²) in [6, 6.07) is 8.64. The van der Waals surface area contributed by atoms with Crippen molar-refractivity contribution in [2.75, 3.05) is 5.73 Å². The molecule has 0 saturated heterocycles. The number of fused-ring (bicyclic) bond motifs is 3. The van der Waals surface area contributed by atoms with Crippen LogP contribution in [0.5, 0.6) is 5.88 Å². The van der Waals surface area contributed by atoms with Crippen LogP contribution in [0.25, 0.3) is 11.3 Å². The van der Waals surface area contributed by atoms with E-state index in [9.17, 15) is 0 Å². The maximum atomic E-state index is 6.26. The van der Waals surface area contributed by atoms with Gasteiger partial charge in [-0.15, -0.1) is 0 Å². The molecular formula is C19H24N4O. The highest BCUT2D eigenvalue weighted by Crippen LogP contribution is 2.36. The lowest BCUT2D eigenvalue weighted by atomic mass is 9.93. The summed E-state index contributed by atoms with van der Waals surface area (Å²) in [5, 5.41) is 0. The van der Waals surface area contributed by atoms with Gasteiger partial charge in [0.25, 0.3) is 0 Å². The summed E-state index contributed by atoms with van der Waals surface area (Å²) < 4.78 is 6.26. The van der Waals surface area contributed by atoms with E-state index in [2.05, 4.69) is 28.2 Å². The van der Waals surface area contributed by atoms with Crippen molar-refractivity contribution in [2.24, 2.45) is 5.73 Å². The Balaban J connectivity index is 1.73. The van der Waals surface area contributed by atoms with E-state index in [1.54, 1.807) is 0 Å². The molecule has 5 heteroatoms. The van der Waals surface area contributed by atoms with Crippen molar-refractivity contribution < 1.29 is 4.74 Å². The molecule has 2 aliphatic carbocycles. The summed E-state index contributed by atoms with van der Waals surface area (Å²) in [5.41, 5.74) is 16.6. The molecule has 0 radical (unpaired) electrons. The van der Waals surface area contributed by atoms with E-state index < -0.39 is 0 Å². The van der Waals surface area contributed by atoms with E-state index in [0.29, 0.717) is 5.88 Å². The minimum atomic E-state index is 0.130. The summed E-state index contributed by atoms with van der Waals surface area (Å²) in [5.74, 6) is 0.939. The van der Waals surface area contributed by atoms with Crippen LogP contribution in [0.3, 0.4) is 0 Å². The van der Waals surface area contributed by atoms with Gasteiger partial charge in [0.2, 0.25) is 11.8 Å². The number of hydrogen-bond acceptors (Lipinski definition) is 5. The van der Waals surface area contributed by atoms with Crippen molar-refractivity contribution in [1.82, 2.24) is 9.97 Å². The number of benzene rings is 1. The lowest BCUT2D eigenvalue weighted by Crippen LogP contribution is -2.34. The zero-order chi connectivity index (χ0) is 16.5. The minimum Gasteiger partial charge on any atom is -0.474 e. The van der Waals surface area contributed by atoms with E-state index in [1.807, 2.05) is 6.07 Å². The van der Waals surface area contributed by atoms with Crippen LogP contribution >= 0.6 is 0 Å². The molecule has 4 N–H and O–H groups in total. The Bertz CT molecular complexity index is 746. The normalized spacial score (nSPS) is 23.0. The van der Waals surface area contributed by atoms with Crippen molar-refractivity contribution in [3.63, 3.8) is 0 Å². The van der Waals surface area contributed by atoms with E-state index in [0.717, 1.165) is 61.8 Å². The molecule has 4 rings (SSSR count). The number of nitrogen functional groups attached to an aromatic ring is 1. The smallest absolute Gasteiger partial charge is 0.223 e. The molecule has 2 aromatic rings. The number of nitrogens with two attached hydrogens (primary N) is 2. The van der Waals surface area contributed by atoms with Gasteiger partial charge in [0.1, 0.15) is 6.10 Å². The maximum Gasteiger partial charge on any atom is 0.223 e. The number of ether oxygens (including phenoxy) is 1. The van der Waals surface area contributed by atoms with Gasteiger partial charge in [0, 0.05) is 17.2 Å². The van der Waals surface area contributed by atoms with E-state index in [1.165, 1.54) is 5.56 Å². The number of nitrogens with zero attached hydrogens (tertiary/aromatic N) is 2. The predicted molar refractivity (Wildman–Crippen MR) is 94.8 cm³/mol. The molecule has 2 atom stereocenters. The van der Waals surface area contributed by atoms with Crippen molar-refractivity contribution >= 4 is 5.95 Å². The fourth-order valence-electron chi connectivity index (χ4n) is 3.90. The van der Waals surface area contributed by atoms with Gasteiger partial charge < -0.3 is 16.2 Å². The first-order chi connectivity index (χ1) is 11.7. The SMILES string of the molecule is Nc1nc(OC2CCCC(N)C2)c2c(n1)-c1ccccc1CCC2. The molecule has 5 nitrogen and oxygen atoms in total. The Labute approximate surface area is 142 Å². The monoisotopic (exact) mass is 324 g/mol. The van der Waals surface area contributed by atoms with Crippen molar-refractivity contribution in [1.29, 1.82) is 0 Å². The van der Waals surface area contributed by atoms with Crippen LogP contribution in [-0.2, 0) is 12.8 Å². The fourth-order valence-corrected chi connectivity index (χ4v) is 3.90. The zero-order valence-electron chi connectivity index (χ0n) is 13.9. The third kappa shape index (κ3) is 2.96. The number of rotatable bonds is 2. The van der Waals surface area contributed by atoms with Crippen molar-refractivity contribution in [2.45, 2.75) is 57.1 Å². The Morgan fingerprint density at radius 2 is 1.92 bits per heavy atom. The Morgan fingerprint density at radius 1 is 1.04 bits per heavy atom. The number of aromatic nitrogens is 2. The third-order valence-electron chi connectivity index (χ3n) is 5.08. The Hall–Kier alpha value is -2.14. The first kappa shape index (κ1) is 15.4.